The Morgan fingerprint density at radius 3 is 1.54 bits per heavy atom. The Bertz CT molecular complexity index is 3070. The van der Waals surface area contributed by atoms with E-state index in [4.69, 9.17) is 14.5 Å². The van der Waals surface area contributed by atoms with Crippen LogP contribution in [0.5, 0.6) is 23.0 Å². The van der Waals surface area contributed by atoms with Crippen LogP contribution in [-0.4, -0.2) is 29.1 Å². The van der Waals surface area contributed by atoms with Crippen LogP contribution in [0.3, 0.4) is 0 Å². The number of hydrogen-bond acceptors (Lipinski definition) is 6. The number of nitrogens with zero attached hydrogens (tertiary/aromatic N) is 6. The summed E-state index contributed by atoms with van der Waals surface area (Å²) in [5.41, 5.74) is 6.10. The number of rotatable bonds is 7. The number of aromatic nitrogens is 6. The van der Waals surface area contributed by atoms with Crippen LogP contribution in [0.1, 0.15) is 26.3 Å². The quantitative estimate of drug-likeness (QED) is 0.163. The summed E-state index contributed by atoms with van der Waals surface area (Å²) in [6, 6.07) is 47.0. The maximum atomic E-state index is 6.70. The van der Waals surface area contributed by atoms with E-state index in [2.05, 4.69) is 130 Å². The molecule has 0 N–H and O–H groups in total. The van der Waals surface area contributed by atoms with Crippen molar-refractivity contribution in [3.05, 3.63) is 170 Å². The SMILES string of the molecule is CC(C)(C)c1ccnc(-n2c3ccccc3c3ccc(Oc4cc(Oc5ccc6c7ccccc7n(-c7ccccn7)c6c5)cc(-c5ncccn5)c4)cc32)c1. The standard InChI is InChI=1S/C48H36N6O2/c1-48(2,3)32-20-24-50-46(27-32)54-42-14-7-5-12-38(42)40-19-17-34(30-44(40)54)56-36-26-31(47-51-22-10-23-52-47)25-35(28-36)55-33-16-18-39-37-11-4-6-13-41(37)53(43(39)29-33)45-15-8-9-21-49-45/h4-30H,1-3H3. The van der Waals surface area contributed by atoms with Crippen LogP contribution in [0.25, 0.3) is 66.6 Å². The largest absolute Gasteiger partial charge is 0.457 e. The number of para-hydroxylation sites is 2. The molecule has 0 radical (unpaired) electrons. The van der Waals surface area contributed by atoms with Crippen molar-refractivity contribution in [1.82, 2.24) is 29.1 Å². The van der Waals surface area contributed by atoms with E-state index in [1.807, 2.05) is 60.9 Å². The molecule has 0 bridgehead atoms. The summed E-state index contributed by atoms with van der Waals surface area (Å²) in [6.07, 6.45) is 7.17. The van der Waals surface area contributed by atoms with Crippen molar-refractivity contribution in [3.63, 3.8) is 0 Å². The molecule has 0 saturated carbocycles. The van der Waals surface area contributed by atoms with E-state index < -0.39 is 0 Å². The average Bonchev–Trinajstić information content (AvgIpc) is 3.73. The van der Waals surface area contributed by atoms with Gasteiger partial charge in [0.1, 0.15) is 34.6 Å². The van der Waals surface area contributed by atoms with Crippen molar-refractivity contribution in [1.29, 1.82) is 0 Å². The molecule has 5 aromatic carbocycles. The van der Waals surface area contributed by atoms with Crippen LogP contribution in [0.15, 0.2) is 164 Å². The van der Waals surface area contributed by atoms with Gasteiger partial charge in [-0.25, -0.2) is 19.9 Å². The van der Waals surface area contributed by atoms with Crippen molar-refractivity contribution >= 4 is 43.6 Å². The van der Waals surface area contributed by atoms with Crippen LogP contribution < -0.4 is 9.47 Å². The van der Waals surface area contributed by atoms with Gasteiger partial charge in [-0.3, -0.25) is 9.13 Å². The molecule has 0 saturated heterocycles. The molecule has 8 heteroatoms. The monoisotopic (exact) mass is 728 g/mol. The Morgan fingerprint density at radius 1 is 0.411 bits per heavy atom. The van der Waals surface area contributed by atoms with Gasteiger partial charge < -0.3 is 9.47 Å². The summed E-state index contributed by atoms with van der Waals surface area (Å²) < 4.78 is 17.7. The minimum absolute atomic E-state index is 0.0265. The summed E-state index contributed by atoms with van der Waals surface area (Å²) in [6.45, 7) is 6.66. The van der Waals surface area contributed by atoms with Gasteiger partial charge in [0.05, 0.1) is 22.1 Å². The first-order valence-electron chi connectivity index (χ1n) is 18.6. The van der Waals surface area contributed by atoms with Gasteiger partial charge in [0.2, 0.25) is 0 Å². The van der Waals surface area contributed by atoms with E-state index >= 15 is 0 Å². The van der Waals surface area contributed by atoms with Gasteiger partial charge in [0.15, 0.2) is 5.82 Å². The second-order valence-corrected chi connectivity index (χ2v) is 14.9. The molecular formula is C48H36N6O2. The Morgan fingerprint density at radius 2 is 0.946 bits per heavy atom. The summed E-state index contributed by atoms with van der Waals surface area (Å²) >= 11 is 0. The average molecular weight is 729 g/mol. The third-order valence-corrected chi connectivity index (χ3v) is 10.2. The summed E-state index contributed by atoms with van der Waals surface area (Å²) in [4.78, 5) is 18.6. The van der Waals surface area contributed by atoms with Crippen molar-refractivity contribution < 1.29 is 9.47 Å². The number of ether oxygens (including phenoxy) is 2. The summed E-state index contributed by atoms with van der Waals surface area (Å²) in [5, 5.41) is 4.52. The Kier molecular flexibility index (Phi) is 7.85. The van der Waals surface area contributed by atoms with Gasteiger partial charge in [0.25, 0.3) is 0 Å². The van der Waals surface area contributed by atoms with Crippen LogP contribution >= 0.6 is 0 Å². The van der Waals surface area contributed by atoms with Gasteiger partial charge in [-0.15, -0.1) is 0 Å². The van der Waals surface area contributed by atoms with Crippen molar-refractivity contribution in [2.24, 2.45) is 0 Å². The molecule has 0 aliphatic carbocycles. The predicted molar refractivity (Wildman–Crippen MR) is 223 cm³/mol. The molecule has 0 atom stereocenters. The van der Waals surface area contributed by atoms with E-state index in [-0.39, 0.29) is 5.41 Å². The molecular weight excluding hydrogens is 693 g/mol. The fourth-order valence-electron chi connectivity index (χ4n) is 7.55. The molecule has 0 spiro atoms. The highest BCUT2D eigenvalue weighted by molar-refractivity contribution is 6.10. The minimum Gasteiger partial charge on any atom is -0.457 e. The first-order chi connectivity index (χ1) is 27.4. The van der Waals surface area contributed by atoms with Crippen LogP contribution in [-0.2, 0) is 5.41 Å². The van der Waals surface area contributed by atoms with E-state index in [0.717, 1.165) is 60.8 Å². The molecule has 10 aromatic rings. The van der Waals surface area contributed by atoms with E-state index in [0.29, 0.717) is 28.8 Å². The van der Waals surface area contributed by atoms with Crippen molar-refractivity contribution in [3.8, 4) is 46.0 Å². The topological polar surface area (TPSA) is 79.9 Å². The summed E-state index contributed by atoms with van der Waals surface area (Å²) in [5.74, 6) is 4.78. The fraction of sp³-hybridized carbons (Fsp3) is 0.0833. The Hall–Kier alpha value is -7.32. The Labute approximate surface area is 323 Å². The maximum absolute atomic E-state index is 6.70. The fourth-order valence-corrected chi connectivity index (χ4v) is 7.55. The van der Waals surface area contributed by atoms with Crippen LogP contribution in [0.2, 0.25) is 0 Å². The molecule has 0 aliphatic rings. The molecule has 10 rings (SSSR count). The lowest BCUT2D eigenvalue weighted by molar-refractivity contribution is 0.461. The molecule has 0 fully saturated rings. The Balaban J connectivity index is 1.07. The smallest absolute Gasteiger partial charge is 0.159 e. The number of benzene rings is 5. The molecule has 0 unspecified atom stereocenters. The predicted octanol–water partition coefficient (Wildman–Crippen LogP) is 12.0. The van der Waals surface area contributed by atoms with Gasteiger partial charge in [-0.1, -0.05) is 63.2 Å². The van der Waals surface area contributed by atoms with Crippen LogP contribution in [0.4, 0.5) is 0 Å². The lowest BCUT2D eigenvalue weighted by Gasteiger charge is -2.20. The van der Waals surface area contributed by atoms with E-state index in [9.17, 15) is 0 Å². The van der Waals surface area contributed by atoms with Crippen molar-refractivity contribution in [2.45, 2.75) is 26.2 Å². The van der Waals surface area contributed by atoms with Gasteiger partial charge in [-0.2, -0.15) is 0 Å². The lowest BCUT2D eigenvalue weighted by atomic mass is 9.88. The highest BCUT2D eigenvalue weighted by Crippen LogP contribution is 2.39. The second kappa shape index (κ2) is 13.2. The second-order valence-electron chi connectivity index (χ2n) is 14.9. The number of hydrogen-bond donors (Lipinski definition) is 0. The third kappa shape index (κ3) is 5.88. The maximum Gasteiger partial charge on any atom is 0.159 e. The van der Waals surface area contributed by atoms with Crippen LogP contribution in [0, 0.1) is 0 Å². The highest BCUT2D eigenvalue weighted by Gasteiger charge is 2.19. The van der Waals surface area contributed by atoms with Gasteiger partial charge in [0, 0.05) is 70.1 Å². The van der Waals surface area contributed by atoms with Crippen molar-refractivity contribution in [2.75, 3.05) is 0 Å². The minimum atomic E-state index is -0.0265. The van der Waals surface area contributed by atoms with E-state index in [1.165, 1.54) is 5.56 Å². The zero-order valence-corrected chi connectivity index (χ0v) is 31.1. The zero-order valence-electron chi connectivity index (χ0n) is 31.1. The molecule has 56 heavy (non-hydrogen) atoms. The third-order valence-electron chi connectivity index (χ3n) is 10.2. The molecule has 8 nitrogen and oxygen atoms in total. The zero-order chi connectivity index (χ0) is 37.8. The number of fused-ring (bicyclic) bond motifs is 6. The number of pyridine rings is 2. The molecule has 0 aliphatic heterocycles. The molecule has 5 heterocycles. The highest BCUT2D eigenvalue weighted by atomic mass is 16.5. The van der Waals surface area contributed by atoms with E-state index in [1.54, 1.807) is 18.5 Å². The molecule has 270 valence electrons. The first kappa shape index (κ1) is 33.3. The first-order valence-corrected chi connectivity index (χ1v) is 18.6. The van der Waals surface area contributed by atoms with Gasteiger partial charge in [-0.05, 0) is 89.8 Å². The summed E-state index contributed by atoms with van der Waals surface area (Å²) in [7, 11) is 0. The molecule has 0 amide bonds. The molecule has 5 aromatic heterocycles. The van der Waals surface area contributed by atoms with Gasteiger partial charge >= 0.3 is 0 Å². The lowest BCUT2D eigenvalue weighted by Crippen LogP contribution is -2.12. The normalized spacial score (nSPS) is 11.8.